The number of nitrogens with two attached hydrogens (primary N) is 1. The average molecular weight is 267 g/mol. The van der Waals surface area contributed by atoms with Crippen molar-refractivity contribution in [3.8, 4) is 0 Å². The zero-order valence-electron chi connectivity index (χ0n) is 8.02. The van der Waals surface area contributed by atoms with E-state index >= 15 is 0 Å². The molecule has 0 aliphatic carbocycles. The molecule has 0 bridgehead atoms. The number of halogens is 1. The molecule has 3 N–H and O–H groups in total. The lowest BCUT2D eigenvalue weighted by Gasteiger charge is -2.11. The Labute approximate surface area is 96.1 Å². The van der Waals surface area contributed by atoms with Gasteiger partial charge >= 0.3 is 0 Å². The van der Waals surface area contributed by atoms with E-state index in [1.807, 2.05) is 18.3 Å². The van der Waals surface area contributed by atoms with Crippen LogP contribution in [0.25, 0.3) is 0 Å². The van der Waals surface area contributed by atoms with Gasteiger partial charge in [-0.2, -0.15) is 0 Å². The Bertz CT molecular complexity index is 426. The first-order chi connectivity index (χ1) is 7.31. The number of hydrogen-bond donors (Lipinski definition) is 2. The highest BCUT2D eigenvalue weighted by Gasteiger charge is 2.15. The number of aromatic amines is 1. The van der Waals surface area contributed by atoms with Crippen LogP contribution in [0.1, 0.15) is 17.3 Å². The topological polar surface area (TPSA) is 67.6 Å². The molecule has 0 aromatic carbocycles. The molecule has 0 radical (unpaired) electrons. The number of H-pyrrole nitrogens is 1. The summed E-state index contributed by atoms with van der Waals surface area (Å²) in [5.74, 6) is 0.933. The summed E-state index contributed by atoms with van der Waals surface area (Å²) in [6, 6.07) is 3.90. The number of nitrogens with zero attached hydrogens (tertiary/aromatic N) is 2. The van der Waals surface area contributed by atoms with Crippen LogP contribution in [0, 0.1) is 0 Å². The van der Waals surface area contributed by atoms with E-state index < -0.39 is 0 Å². The average Bonchev–Trinajstić information content (AvgIpc) is 2.68. The highest BCUT2D eigenvalue weighted by molar-refractivity contribution is 9.10. The van der Waals surface area contributed by atoms with Crippen molar-refractivity contribution in [2.45, 2.75) is 5.92 Å². The first-order valence-corrected chi connectivity index (χ1v) is 5.41. The van der Waals surface area contributed by atoms with Crippen molar-refractivity contribution < 1.29 is 0 Å². The van der Waals surface area contributed by atoms with E-state index in [9.17, 15) is 0 Å². The van der Waals surface area contributed by atoms with Crippen molar-refractivity contribution in [2.75, 3.05) is 6.54 Å². The smallest absolute Gasteiger partial charge is 0.115 e. The Kier molecular flexibility index (Phi) is 3.13. The Morgan fingerprint density at radius 2 is 2.33 bits per heavy atom. The molecule has 0 fully saturated rings. The van der Waals surface area contributed by atoms with Crippen molar-refractivity contribution in [2.24, 2.45) is 5.73 Å². The van der Waals surface area contributed by atoms with Crippen molar-refractivity contribution in [3.63, 3.8) is 0 Å². The van der Waals surface area contributed by atoms with E-state index in [0.717, 1.165) is 16.0 Å². The summed E-state index contributed by atoms with van der Waals surface area (Å²) in [6.45, 7) is 0.506. The minimum atomic E-state index is 0.0741. The van der Waals surface area contributed by atoms with Gasteiger partial charge in [0.05, 0.1) is 12.1 Å². The molecule has 2 heterocycles. The number of nitrogens with one attached hydrogen (secondary N) is 1. The molecule has 2 aromatic heterocycles. The van der Waals surface area contributed by atoms with E-state index in [-0.39, 0.29) is 5.92 Å². The summed E-state index contributed by atoms with van der Waals surface area (Å²) in [5.41, 5.74) is 6.81. The molecule has 0 aliphatic rings. The molecule has 0 aliphatic heterocycles. The van der Waals surface area contributed by atoms with E-state index in [4.69, 9.17) is 5.73 Å². The van der Waals surface area contributed by atoms with Crippen LogP contribution in [-0.4, -0.2) is 21.5 Å². The van der Waals surface area contributed by atoms with Gasteiger partial charge in [-0.3, -0.25) is 4.98 Å². The summed E-state index contributed by atoms with van der Waals surface area (Å²) >= 11 is 3.33. The predicted molar refractivity (Wildman–Crippen MR) is 61.4 cm³/mol. The van der Waals surface area contributed by atoms with Gasteiger partial charge in [-0.25, -0.2) is 4.98 Å². The monoisotopic (exact) mass is 266 g/mol. The summed E-state index contributed by atoms with van der Waals surface area (Å²) in [5, 5.41) is 0. The van der Waals surface area contributed by atoms with Gasteiger partial charge in [-0.15, -0.1) is 0 Å². The Morgan fingerprint density at radius 3 is 2.87 bits per heavy atom. The van der Waals surface area contributed by atoms with Crippen LogP contribution >= 0.6 is 15.9 Å². The maximum absolute atomic E-state index is 5.74. The van der Waals surface area contributed by atoms with Gasteiger partial charge in [0, 0.05) is 18.9 Å². The highest BCUT2D eigenvalue weighted by atomic mass is 79.9. The first kappa shape index (κ1) is 10.3. The van der Waals surface area contributed by atoms with Gasteiger partial charge in [0.15, 0.2) is 0 Å². The second kappa shape index (κ2) is 4.55. The SMILES string of the molecule is NCC(c1cccnc1)c1ncc(Br)[nH]1. The van der Waals surface area contributed by atoms with Gasteiger partial charge in [0.1, 0.15) is 10.4 Å². The van der Waals surface area contributed by atoms with Crippen LogP contribution in [0.5, 0.6) is 0 Å². The molecular formula is C10H11BrN4. The molecule has 1 atom stereocenters. The third-order valence-corrected chi connectivity index (χ3v) is 2.62. The fourth-order valence-electron chi connectivity index (χ4n) is 1.48. The van der Waals surface area contributed by atoms with Crippen molar-refractivity contribution in [3.05, 3.63) is 46.7 Å². The van der Waals surface area contributed by atoms with Crippen molar-refractivity contribution in [1.82, 2.24) is 15.0 Å². The fourth-order valence-corrected chi connectivity index (χ4v) is 1.78. The molecular weight excluding hydrogens is 256 g/mol. The fraction of sp³-hybridized carbons (Fsp3) is 0.200. The molecule has 4 nitrogen and oxygen atoms in total. The molecule has 0 spiro atoms. The van der Waals surface area contributed by atoms with Crippen LogP contribution in [-0.2, 0) is 0 Å². The standard InChI is InChI=1S/C10H11BrN4/c11-9-6-14-10(15-9)8(4-12)7-2-1-3-13-5-7/h1-3,5-6,8H,4,12H2,(H,14,15). The summed E-state index contributed by atoms with van der Waals surface area (Å²) in [6.07, 6.45) is 5.29. The van der Waals surface area contributed by atoms with Crippen molar-refractivity contribution in [1.29, 1.82) is 0 Å². The van der Waals surface area contributed by atoms with Crippen LogP contribution < -0.4 is 5.73 Å². The molecule has 5 heteroatoms. The van der Waals surface area contributed by atoms with Gasteiger partial charge in [0.25, 0.3) is 0 Å². The van der Waals surface area contributed by atoms with E-state index in [2.05, 4.69) is 30.9 Å². The highest BCUT2D eigenvalue weighted by Crippen LogP contribution is 2.21. The molecule has 0 saturated carbocycles. The first-order valence-electron chi connectivity index (χ1n) is 4.61. The van der Waals surface area contributed by atoms with Crippen LogP contribution in [0.4, 0.5) is 0 Å². The number of imidazole rings is 1. The second-order valence-electron chi connectivity index (χ2n) is 3.19. The lowest BCUT2D eigenvalue weighted by atomic mass is 10.0. The van der Waals surface area contributed by atoms with Crippen LogP contribution in [0.3, 0.4) is 0 Å². The summed E-state index contributed by atoms with van der Waals surface area (Å²) in [4.78, 5) is 11.5. The van der Waals surface area contributed by atoms with E-state index in [1.165, 1.54) is 0 Å². The molecule has 0 amide bonds. The third-order valence-electron chi connectivity index (χ3n) is 2.22. The van der Waals surface area contributed by atoms with Gasteiger partial charge < -0.3 is 10.7 Å². The summed E-state index contributed by atoms with van der Waals surface area (Å²) < 4.78 is 0.861. The predicted octanol–water partition coefficient (Wildman–Crippen LogP) is 1.66. The van der Waals surface area contributed by atoms with E-state index in [0.29, 0.717) is 6.54 Å². The zero-order chi connectivity index (χ0) is 10.7. The molecule has 15 heavy (non-hydrogen) atoms. The van der Waals surface area contributed by atoms with E-state index in [1.54, 1.807) is 12.4 Å². The maximum Gasteiger partial charge on any atom is 0.115 e. The number of pyridine rings is 1. The lowest BCUT2D eigenvalue weighted by molar-refractivity contribution is 0.760. The minimum absolute atomic E-state index is 0.0741. The maximum atomic E-state index is 5.74. The molecule has 78 valence electrons. The minimum Gasteiger partial charge on any atom is -0.336 e. The van der Waals surface area contributed by atoms with Gasteiger partial charge in [-0.1, -0.05) is 6.07 Å². The van der Waals surface area contributed by atoms with Crippen LogP contribution in [0.15, 0.2) is 35.3 Å². The summed E-state index contributed by atoms with van der Waals surface area (Å²) in [7, 11) is 0. The van der Waals surface area contributed by atoms with Crippen LogP contribution in [0.2, 0.25) is 0 Å². The third kappa shape index (κ3) is 2.24. The zero-order valence-corrected chi connectivity index (χ0v) is 9.61. The molecule has 2 aromatic rings. The van der Waals surface area contributed by atoms with Crippen molar-refractivity contribution >= 4 is 15.9 Å². The second-order valence-corrected chi connectivity index (χ2v) is 4.05. The number of aromatic nitrogens is 3. The largest absolute Gasteiger partial charge is 0.336 e. The Morgan fingerprint density at radius 1 is 1.47 bits per heavy atom. The molecule has 0 saturated heterocycles. The normalized spacial score (nSPS) is 12.7. The quantitative estimate of drug-likeness (QED) is 0.888. The lowest BCUT2D eigenvalue weighted by Crippen LogP contribution is -2.15. The molecule has 1 unspecified atom stereocenters. The van der Waals surface area contributed by atoms with Gasteiger partial charge in [-0.05, 0) is 27.6 Å². The van der Waals surface area contributed by atoms with Gasteiger partial charge in [0.2, 0.25) is 0 Å². The Balaban J connectivity index is 2.33. The number of hydrogen-bond acceptors (Lipinski definition) is 3. The Hall–Kier alpha value is -1.20. The number of rotatable bonds is 3. The molecule has 2 rings (SSSR count).